The van der Waals surface area contributed by atoms with Gasteiger partial charge in [-0.25, -0.2) is 0 Å². The Bertz CT molecular complexity index is 688. The van der Waals surface area contributed by atoms with E-state index < -0.39 is 22.2 Å². The number of nitrogens with zero attached hydrogens (tertiary/aromatic N) is 2. The Labute approximate surface area is 153 Å². The Morgan fingerprint density at radius 1 is 1.04 bits per heavy atom. The zero-order valence-corrected chi connectivity index (χ0v) is 15.7. The fraction of sp³-hybridized carbons (Fsp3) is 0.588. The molecule has 0 saturated carbocycles. The number of hydrogen-bond donors (Lipinski definition) is 1. The number of rotatable bonds is 5. The van der Waals surface area contributed by atoms with Crippen LogP contribution in [0.25, 0.3) is 0 Å². The predicted molar refractivity (Wildman–Crippen MR) is 97.8 cm³/mol. The van der Waals surface area contributed by atoms with E-state index in [4.69, 9.17) is 0 Å². The lowest BCUT2D eigenvalue weighted by molar-refractivity contribution is -0.142. The maximum atomic E-state index is 12.9. The molecule has 1 atom stereocenters. The first-order valence-corrected chi connectivity index (χ1v) is 11.0. The molecule has 2 saturated heterocycles. The summed E-state index contributed by atoms with van der Waals surface area (Å²) in [6.07, 6.45) is 3.45. The van der Waals surface area contributed by atoms with Gasteiger partial charge >= 0.3 is 5.97 Å². The minimum Gasteiger partial charge on any atom is -0.480 e. The Balaban J connectivity index is 1.62. The van der Waals surface area contributed by atoms with Crippen LogP contribution in [-0.4, -0.2) is 59.0 Å². The first kappa shape index (κ1) is 18.7. The fourth-order valence-electron chi connectivity index (χ4n) is 3.45. The lowest BCUT2D eigenvalue weighted by atomic mass is 10.1. The summed E-state index contributed by atoms with van der Waals surface area (Å²) < 4.78 is 28.5. The average molecular weight is 385 g/mol. The number of carboxylic acids is 1. The van der Waals surface area contributed by atoms with E-state index in [1.807, 2.05) is 18.2 Å². The average Bonchev–Trinajstić information content (AvgIpc) is 2.63. The van der Waals surface area contributed by atoms with Gasteiger partial charge in [-0.2, -0.15) is 17.0 Å². The number of hydrogen-bond acceptors (Lipinski definition) is 4. The van der Waals surface area contributed by atoms with E-state index in [2.05, 4.69) is 12.1 Å². The second-order valence-corrected chi connectivity index (χ2v) is 9.75. The van der Waals surface area contributed by atoms with Crippen LogP contribution in [0.15, 0.2) is 35.2 Å². The molecule has 2 fully saturated rings. The van der Waals surface area contributed by atoms with Crippen molar-refractivity contribution in [2.24, 2.45) is 0 Å². The second kappa shape index (κ2) is 8.07. The Kier molecular flexibility index (Phi) is 6.04. The maximum absolute atomic E-state index is 12.9. The zero-order valence-electron chi connectivity index (χ0n) is 14.1. The molecule has 0 aliphatic carbocycles. The van der Waals surface area contributed by atoms with Gasteiger partial charge in [0.05, 0.1) is 0 Å². The van der Waals surface area contributed by atoms with Gasteiger partial charge in [0.2, 0.25) is 0 Å². The number of carboxylic acid groups (broad SMARTS) is 1. The molecule has 0 bridgehead atoms. The SMILES string of the molecule is O=C(O)C1CCCCN1S(=O)(=O)N1CCC(Sc2ccccc2)CC1. The van der Waals surface area contributed by atoms with Gasteiger partial charge in [-0.05, 0) is 44.2 Å². The highest BCUT2D eigenvalue weighted by atomic mass is 32.2. The van der Waals surface area contributed by atoms with Crippen LogP contribution in [0, 0.1) is 0 Å². The molecular weight excluding hydrogens is 360 g/mol. The van der Waals surface area contributed by atoms with Gasteiger partial charge in [-0.1, -0.05) is 18.2 Å². The van der Waals surface area contributed by atoms with Crippen LogP contribution in [0.3, 0.4) is 0 Å². The standard InChI is InChI=1S/C17H24N2O4S2/c20-17(21)16-8-4-5-11-19(16)25(22,23)18-12-9-15(10-13-18)24-14-6-2-1-3-7-14/h1-3,6-7,15-16H,4-5,8-13H2,(H,20,21). The summed E-state index contributed by atoms with van der Waals surface area (Å²) in [4.78, 5) is 12.6. The smallest absolute Gasteiger partial charge is 0.322 e. The minimum atomic E-state index is -3.70. The van der Waals surface area contributed by atoms with Crippen molar-refractivity contribution in [1.82, 2.24) is 8.61 Å². The Hall–Kier alpha value is -1.09. The van der Waals surface area contributed by atoms with Gasteiger partial charge in [-0.15, -0.1) is 11.8 Å². The third-order valence-electron chi connectivity index (χ3n) is 4.81. The normalized spacial score (nSPS) is 24.2. The van der Waals surface area contributed by atoms with Gasteiger partial charge in [-0.3, -0.25) is 4.79 Å². The topological polar surface area (TPSA) is 77.9 Å². The van der Waals surface area contributed by atoms with E-state index in [0.717, 1.165) is 25.7 Å². The van der Waals surface area contributed by atoms with Crippen LogP contribution in [-0.2, 0) is 15.0 Å². The number of thioether (sulfide) groups is 1. The molecule has 1 aromatic rings. The molecule has 2 aliphatic heterocycles. The summed E-state index contributed by atoms with van der Waals surface area (Å²) in [7, 11) is -3.70. The van der Waals surface area contributed by atoms with Crippen LogP contribution in [0.1, 0.15) is 32.1 Å². The Morgan fingerprint density at radius 2 is 1.72 bits per heavy atom. The molecule has 25 heavy (non-hydrogen) atoms. The maximum Gasteiger partial charge on any atom is 0.322 e. The van der Waals surface area contributed by atoms with Crippen LogP contribution in [0.5, 0.6) is 0 Å². The first-order valence-electron chi connectivity index (χ1n) is 8.70. The number of carbonyl (C=O) groups is 1. The van der Waals surface area contributed by atoms with Crippen molar-refractivity contribution in [3.05, 3.63) is 30.3 Å². The summed E-state index contributed by atoms with van der Waals surface area (Å²) in [6, 6.07) is 9.21. The second-order valence-electron chi connectivity index (χ2n) is 6.50. The third-order valence-corrected chi connectivity index (χ3v) is 8.20. The molecular formula is C17H24N2O4S2. The quantitative estimate of drug-likeness (QED) is 0.844. The number of piperidine rings is 2. The molecule has 0 radical (unpaired) electrons. The lowest BCUT2D eigenvalue weighted by Crippen LogP contribution is -2.54. The van der Waals surface area contributed by atoms with Crippen molar-refractivity contribution in [3.8, 4) is 0 Å². The van der Waals surface area contributed by atoms with Gasteiger partial charge in [0.15, 0.2) is 0 Å². The minimum absolute atomic E-state index is 0.304. The molecule has 2 aliphatic rings. The highest BCUT2D eigenvalue weighted by Gasteiger charge is 2.41. The zero-order chi connectivity index (χ0) is 17.9. The van der Waals surface area contributed by atoms with Crippen molar-refractivity contribution < 1.29 is 18.3 Å². The van der Waals surface area contributed by atoms with E-state index in [9.17, 15) is 18.3 Å². The van der Waals surface area contributed by atoms with Crippen molar-refractivity contribution in [3.63, 3.8) is 0 Å². The molecule has 1 unspecified atom stereocenters. The molecule has 2 heterocycles. The van der Waals surface area contributed by atoms with Crippen LogP contribution < -0.4 is 0 Å². The van der Waals surface area contributed by atoms with Gasteiger partial charge in [0.25, 0.3) is 10.2 Å². The van der Waals surface area contributed by atoms with Crippen LogP contribution in [0.2, 0.25) is 0 Å². The van der Waals surface area contributed by atoms with Crippen molar-refractivity contribution in [1.29, 1.82) is 0 Å². The summed E-state index contributed by atoms with van der Waals surface area (Å²) in [6.45, 7) is 1.21. The largest absolute Gasteiger partial charge is 0.480 e. The molecule has 0 amide bonds. The number of aliphatic carboxylic acids is 1. The van der Waals surface area contributed by atoms with Gasteiger partial charge in [0.1, 0.15) is 6.04 Å². The van der Waals surface area contributed by atoms with Crippen LogP contribution in [0.4, 0.5) is 0 Å². The lowest BCUT2D eigenvalue weighted by Gasteiger charge is -2.38. The van der Waals surface area contributed by atoms with E-state index in [-0.39, 0.29) is 0 Å². The van der Waals surface area contributed by atoms with Crippen LogP contribution >= 0.6 is 11.8 Å². The van der Waals surface area contributed by atoms with E-state index in [1.165, 1.54) is 13.5 Å². The highest BCUT2D eigenvalue weighted by Crippen LogP contribution is 2.32. The summed E-state index contributed by atoms with van der Waals surface area (Å²) in [5, 5.41) is 9.74. The molecule has 0 spiro atoms. The highest BCUT2D eigenvalue weighted by molar-refractivity contribution is 8.00. The summed E-state index contributed by atoms with van der Waals surface area (Å²) >= 11 is 1.79. The molecule has 0 aromatic heterocycles. The molecule has 6 nitrogen and oxygen atoms in total. The van der Waals surface area contributed by atoms with Crippen molar-refractivity contribution >= 4 is 27.9 Å². The fourth-order valence-corrected chi connectivity index (χ4v) is 6.44. The first-order chi connectivity index (χ1) is 12.0. The summed E-state index contributed by atoms with van der Waals surface area (Å²) in [5.74, 6) is -1.04. The summed E-state index contributed by atoms with van der Waals surface area (Å²) in [5.41, 5.74) is 0. The van der Waals surface area contributed by atoms with Crippen molar-refractivity contribution in [2.45, 2.75) is 48.3 Å². The van der Waals surface area contributed by atoms with Gasteiger partial charge < -0.3 is 5.11 Å². The molecule has 3 rings (SSSR count). The van der Waals surface area contributed by atoms with E-state index in [0.29, 0.717) is 31.3 Å². The molecule has 8 heteroatoms. The Morgan fingerprint density at radius 3 is 2.36 bits per heavy atom. The van der Waals surface area contributed by atoms with E-state index in [1.54, 1.807) is 11.8 Å². The monoisotopic (exact) mass is 384 g/mol. The molecule has 138 valence electrons. The molecule has 1 N–H and O–H groups in total. The predicted octanol–water partition coefficient (Wildman–Crippen LogP) is 2.43. The van der Waals surface area contributed by atoms with Crippen molar-refractivity contribution in [2.75, 3.05) is 19.6 Å². The van der Waals surface area contributed by atoms with Gasteiger partial charge in [0, 0.05) is 29.8 Å². The third kappa shape index (κ3) is 4.36. The van der Waals surface area contributed by atoms with E-state index >= 15 is 0 Å². The molecule has 1 aromatic carbocycles. The number of benzene rings is 1.